The van der Waals surface area contributed by atoms with E-state index in [1.54, 1.807) is 0 Å². The first kappa shape index (κ1) is 14.9. The molecule has 1 aromatic rings. The van der Waals surface area contributed by atoms with Crippen LogP contribution in [0.5, 0.6) is 0 Å². The summed E-state index contributed by atoms with van der Waals surface area (Å²) in [5.74, 6) is 0. The maximum atomic E-state index is 5.93. The molecule has 4 nitrogen and oxygen atoms in total. The van der Waals surface area contributed by atoms with E-state index in [2.05, 4.69) is 63.4 Å². The van der Waals surface area contributed by atoms with Crippen molar-refractivity contribution in [2.75, 3.05) is 39.8 Å². The molecule has 0 bridgehead atoms. The third-order valence-corrected chi connectivity index (χ3v) is 4.55. The Hall–Kier alpha value is -0.460. The number of piperazine rings is 1. The number of hydrogen-bond donors (Lipinski definition) is 2. The number of nitrogens with two attached hydrogens (primary N) is 1. The minimum atomic E-state index is 0.190. The molecule has 1 aromatic carbocycles. The zero-order chi connectivity index (χ0) is 13.8. The summed E-state index contributed by atoms with van der Waals surface area (Å²) < 4.78 is 1.15. The van der Waals surface area contributed by atoms with Crippen LogP contribution in [0, 0.1) is 6.92 Å². The molecule has 0 aromatic heterocycles. The number of hydrogen-bond acceptors (Lipinski definition) is 4. The second-order valence-electron chi connectivity index (χ2n) is 5.22. The van der Waals surface area contributed by atoms with Crippen molar-refractivity contribution in [2.24, 2.45) is 5.73 Å². The van der Waals surface area contributed by atoms with Crippen LogP contribution in [0.3, 0.4) is 0 Å². The van der Waals surface area contributed by atoms with E-state index < -0.39 is 0 Å². The first-order valence-electron chi connectivity index (χ1n) is 6.76. The summed E-state index contributed by atoms with van der Waals surface area (Å²) in [5, 5.41) is 2.29. The quantitative estimate of drug-likeness (QED) is 0.880. The van der Waals surface area contributed by atoms with Crippen molar-refractivity contribution in [2.45, 2.75) is 13.0 Å². The molecule has 1 aliphatic rings. The summed E-state index contributed by atoms with van der Waals surface area (Å²) in [6.45, 7) is 7.00. The number of benzene rings is 1. The second-order valence-corrected chi connectivity index (χ2v) is 6.07. The van der Waals surface area contributed by atoms with Crippen molar-refractivity contribution in [3.63, 3.8) is 0 Å². The van der Waals surface area contributed by atoms with E-state index in [-0.39, 0.29) is 6.04 Å². The topological polar surface area (TPSA) is 44.5 Å². The van der Waals surface area contributed by atoms with Crippen molar-refractivity contribution >= 4 is 15.9 Å². The highest BCUT2D eigenvalue weighted by molar-refractivity contribution is 9.10. The largest absolute Gasteiger partial charge is 0.329 e. The number of aryl methyl sites for hydroxylation is 1. The highest BCUT2D eigenvalue weighted by atomic mass is 79.9. The fraction of sp³-hybridized carbons (Fsp3) is 0.571. The minimum Gasteiger partial charge on any atom is -0.329 e. The molecule has 0 saturated carbocycles. The number of hydrazine groups is 1. The van der Waals surface area contributed by atoms with Crippen LogP contribution in [0.15, 0.2) is 22.7 Å². The normalized spacial score (nSPS) is 19.6. The molecule has 19 heavy (non-hydrogen) atoms. The molecular weight excluding hydrogens is 304 g/mol. The van der Waals surface area contributed by atoms with Crippen molar-refractivity contribution < 1.29 is 0 Å². The first-order chi connectivity index (χ1) is 9.10. The molecule has 2 rings (SSSR count). The fourth-order valence-corrected chi connectivity index (χ4v) is 2.55. The maximum Gasteiger partial charge on any atom is 0.0587 e. The van der Waals surface area contributed by atoms with Gasteiger partial charge in [-0.3, -0.25) is 0 Å². The Labute approximate surface area is 124 Å². The Bertz CT molecular complexity index is 416. The van der Waals surface area contributed by atoms with Gasteiger partial charge in [-0.25, -0.2) is 10.4 Å². The molecule has 1 saturated heterocycles. The molecule has 0 aliphatic carbocycles. The third-order valence-electron chi connectivity index (χ3n) is 3.66. The van der Waals surface area contributed by atoms with E-state index in [0.29, 0.717) is 6.54 Å². The summed E-state index contributed by atoms with van der Waals surface area (Å²) in [4.78, 5) is 2.35. The average Bonchev–Trinajstić information content (AvgIpc) is 2.41. The summed E-state index contributed by atoms with van der Waals surface area (Å²) in [6.07, 6.45) is 0. The van der Waals surface area contributed by atoms with Crippen molar-refractivity contribution in [1.82, 2.24) is 15.3 Å². The molecule has 3 N–H and O–H groups in total. The van der Waals surface area contributed by atoms with Gasteiger partial charge < -0.3 is 10.6 Å². The highest BCUT2D eigenvalue weighted by Crippen LogP contribution is 2.21. The van der Waals surface area contributed by atoms with Crippen LogP contribution in [0.1, 0.15) is 17.2 Å². The second kappa shape index (κ2) is 6.81. The van der Waals surface area contributed by atoms with E-state index in [4.69, 9.17) is 5.73 Å². The van der Waals surface area contributed by atoms with Gasteiger partial charge in [0.1, 0.15) is 0 Å². The first-order valence-corrected chi connectivity index (χ1v) is 7.55. The predicted molar refractivity (Wildman–Crippen MR) is 82.9 cm³/mol. The Balaban J connectivity index is 2.01. The molecule has 1 unspecified atom stereocenters. The van der Waals surface area contributed by atoms with E-state index >= 15 is 0 Å². The molecule has 5 heteroatoms. The van der Waals surface area contributed by atoms with Crippen molar-refractivity contribution in [3.8, 4) is 0 Å². The Morgan fingerprint density at radius 2 is 2.00 bits per heavy atom. The Morgan fingerprint density at radius 1 is 1.32 bits per heavy atom. The van der Waals surface area contributed by atoms with Gasteiger partial charge >= 0.3 is 0 Å². The lowest BCUT2D eigenvalue weighted by molar-refractivity contribution is 0.0880. The van der Waals surface area contributed by atoms with Gasteiger partial charge in [0, 0.05) is 37.2 Å². The van der Waals surface area contributed by atoms with Crippen LogP contribution in [-0.2, 0) is 0 Å². The van der Waals surface area contributed by atoms with Crippen molar-refractivity contribution in [3.05, 3.63) is 33.8 Å². The van der Waals surface area contributed by atoms with Crippen LogP contribution in [0.2, 0.25) is 0 Å². The summed E-state index contributed by atoms with van der Waals surface area (Å²) in [6, 6.07) is 6.62. The SMILES string of the molecule is Cc1cc(C(CN)NN2CCN(C)CC2)ccc1Br. The maximum absolute atomic E-state index is 5.93. The highest BCUT2D eigenvalue weighted by Gasteiger charge is 2.18. The van der Waals surface area contributed by atoms with Crippen LogP contribution in [0.4, 0.5) is 0 Å². The molecule has 106 valence electrons. The van der Waals surface area contributed by atoms with Gasteiger partial charge in [-0.15, -0.1) is 0 Å². The smallest absolute Gasteiger partial charge is 0.0587 e. The number of halogens is 1. The van der Waals surface area contributed by atoms with E-state index in [9.17, 15) is 0 Å². The van der Waals surface area contributed by atoms with Gasteiger partial charge in [-0.05, 0) is 31.2 Å². The standard InChI is InChI=1S/C14H23BrN4/c1-11-9-12(3-4-13(11)15)14(10-16)17-19-7-5-18(2)6-8-19/h3-4,9,14,17H,5-8,10,16H2,1-2H3. The van der Waals surface area contributed by atoms with Gasteiger partial charge in [0.05, 0.1) is 6.04 Å². The summed E-state index contributed by atoms with van der Waals surface area (Å²) in [7, 11) is 2.16. The lowest BCUT2D eigenvalue weighted by Gasteiger charge is -2.35. The molecular formula is C14H23BrN4. The number of nitrogens with one attached hydrogen (secondary N) is 1. The van der Waals surface area contributed by atoms with Gasteiger partial charge in [0.25, 0.3) is 0 Å². The molecule has 1 fully saturated rings. The van der Waals surface area contributed by atoms with Crippen LogP contribution in [0.25, 0.3) is 0 Å². The van der Waals surface area contributed by atoms with E-state index in [1.807, 2.05) is 0 Å². The molecule has 0 amide bonds. The Kier molecular flexibility index (Phi) is 5.36. The van der Waals surface area contributed by atoms with E-state index in [1.165, 1.54) is 11.1 Å². The lowest BCUT2D eigenvalue weighted by atomic mass is 10.1. The molecule has 1 aliphatic heterocycles. The van der Waals surface area contributed by atoms with Crippen LogP contribution < -0.4 is 11.2 Å². The van der Waals surface area contributed by atoms with E-state index in [0.717, 1.165) is 30.7 Å². The van der Waals surface area contributed by atoms with Crippen LogP contribution in [-0.4, -0.2) is 49.7 Å². The molecule has 0 radical (unpaired) electrons. The van der Waals surface area contributed by atoms with Crippen LogP contribution >= 0.6 is 15.9 Å². The monoisotopic (exact) mass is 326 g/mol. The number of likely N-dealkylation sites (N-methyl/N-ethyl adjacent to an activating group) is 1. The van der Waals surface area contributed by atoms with Gasteiger partial charge in [0.2, 0.25) is 0 Å². The minimum absolute atomic E-state index is 0.190. The Morgan fingerprint density at radius 3 is 2.58 bits per heavy atom. The zero-order valence-corrected chi connectivity index (χ0v) is 13.3. The lowest BCUT2D eigenvalue weighted by Crippen LogP contribution is -2.52. The summed E-state index contributed by atoms with van der Waals surface area (Å²) >= 11 is 3.54. The zero-order valence-electron chi connectivity index (χ0n) is 11.7. The van der Waals surface area contributed by atoms with Gasteiger partial charge in [0.15, 0.2) is 0 Å². The molecule has 1 atom stereocenters. The number of rotatable bonds is 4. The van der Waals surface area contributed by atoms with Crippen molar-refractivity contribution in [1.29, 1.82) is 0 Å². The average molecular weight is 327 g/mol. The number of nitrogens with zero attached hydrogens (tertiary/aromatic N) is 2. The molecule has 0 spiro atoms. The third kappa shape index (κ3) is 4.00. The predicted octanol–water partition coefficient (Wildman–Crippen LogP) is 1.51. The fourth-order valence-electron chi connectivity index (χ4n) is 2.30. The van der Waals surface area contributed by atoms with Gasteiger partial charge in [-0.2, -0.15) is 0 Å². The van der Waals surface area contributed by atoms with Gasteiger partial charge in [-0.1, -0.05) is 28.1 Å². The molecule has 1 heterocycles. The summed E-state index contributed by atoms with van der Waals surface area (Å²) in [5.41, 5.74) is 12.0.